The number of piperazine rings is 1. The normalized spacial score (nSPS) is 20.3. The Kier molecular flexibility index (Phi) is 6.45. The molecule has 0 aliphatic carbocycles. The largest absolute Gasteiger partial charge is 0.369 e. The predicted molar refractivity (Wildman–Crippen MR) is 124 cm³/mol. The van der Waals surface area contributed by atoms with Gasteiger partial charge in [0.05, 0.1) is 39.8 Å². The lowest BCUT2D eigenvalue weighted by Crippen LogP contribution is -2.44. The summed E-state index contributed by atoms with van der Waals surface area (Å²) in [7, 11) is -1.46. The minimum absolute atomic E-state index is 0.203. The molecule has 1 atom stereocenters. The van der Waals surface area contributed by atoms with Gasteiger partial charge in [-0.25, -0.2) is 13.4 Å². The molecule has 0 N–H and O–H groups in total. The monoisotopic (exact) mass is 462 g/mol. The summed E-state index contributed by atoms with van der Waals surface area (Å²) in [6.07, 6.45) is 3.81. The number of benzene rings is 1. The van der Waals surface area contributed by atoms with Crippen LogP contribution in [0.5, 0.6) is 0 Å². The lowest BCUT2D eigenvalue weighted by Gasteiger charge is -2.34. The van der Waals surface area contributed by atoms with Crippen LogP contribution in [-0.2, 0) is 16.4 Å². The van der Waals surface area contributed by atoms with Gasteiger partial charge >= 0.3 is 0 Å². The van der Waals surface area contributed by atoms with Crippen molar-refractivity contribution in [1.29, 1.82) is 0 Å². The van der Waals surface area contributed by atoms with Gasteiger partial charge in [0.2, 0.25) is 0 Å². The third kappa shape index (κ3) is 4.68. The SMILES string of the molecule is C=NCc1cncc(N2CCC(S(=O)(=O)c3ccc(N4CCN(C)CC4)cc3Cl)C2)n1. The van der Waals surface area contributed by atoms with Crippen LogP contribution in [0.1, 0.15) is 12.1 Å². The van der Waals surface area contributed by atoms with E-state index in [4.69, 9.17) is 11.6 Å². The van der Waals surface area contributed by atoms with Crippen LogP contribution in [0.3, 0.4) is 0 Å². The molecule has 3 heterocycles. The van der Waals surface area contributed by atoms with Gasteiger partial charge in [-0.05, 0) is 38.4 Å². The van der Waals surface area contributed by atoms with E-state index < -0.39 is 15.1 Å². The van der Waals surface area contributed by atoms with Crippen molar-refractivity contribution >= 4 is 39.7 Å². The van der Waals surface area contributed by atoms with E-state index in [0.717, 1.165) is 31.9 Å². The molecule has 4 rings (SSSR count). The lowest BCUT2D eigenvalue weighted by molar-refractivity contribution is 0.313. The van der Waals surface area contributed by atoms with Crippen molar-refractivity contribution in [3.05, 3.63) is 41.3 Å². The maximum absolute atomic E-state index is 13.3. The molecule has 2 fully saturated rings. The van der Waals surface area contributed by atoms with Crippen LogP contribution in [-0.4, -0.2) is 81.6 Å². The van der Waals surface area contributed by atoms with Crippen LogP contribution in [0.2, 0.25) is 5.02 Å². The van der Waals surface area contributed by atoms with Crippen LogP contribution in [0.15, 0.2) is 40.5 Å². The Hall–Kier alpha value is -2.23. The van der Waals surface area contributed by atoms with E-state index in [1.54, 1.807) is 24.5 Å². The molecule has 1 unspecified atom stereocenters. The Morgan fingerprint density at radius 3 is 2.65 bits per heavy atom. The molecule has 2 aliphatic heterocycles. The number of aliphatic imine (C=N–C) groups is 1. The number of hydrogen-bond acceptors (Lipinski definition) is 8. The molecular weight excluding hydrogens is 436 g/mol. The van der Waals surface area contributed by atoms with Crippen molar-refractivity contribution in [3.8, 4) is 0 Å². The van der Waals surface area contributed by atoms with Gasteiger partial charge in [0.25, 0.3) is 0 Å². The zero-order valence-corrected chi connectivity index (χ0v) is 19.2. The highest BCUT2D eigenvalue weighted by molar-refractivity contribution is 7.92. The summed E-state index contributed by atoms with van der Waals surface area (Å²) in [6, 6.07) is 5.31. The molecule has 0 spiro atoms. The molecule has 8 nitrogen and oxygen atoms in total. The second-order valence-electron chi connectivity index (χ2n) is 8.06. The maximum Gasteiger partial charge on any atom is 0.184 e. The first-order valence-corrected chi connectivity index (χ1v) is 12.3. The molecule has 10 heteroatoms. The fourth-order valence-corrected chi connectivity index (χ4v) is 6.33. The number of sulfone groups is 1. The molecule has 0 saturated carbocycles. The van der Waals surface area contributed by atoms with Gasteiger partial charge < -0.3 is 14.7 Å². The van der Waals surface area contributed by atoms with Crippen LogP contribution in [0.4, 0.5) is 11.5 Å². The van der Waals surface area contributed by atoms with Gasteiger partial charge in [0.1, 0.15) is 5.82 Å². The molecule has 166 valence electrons. The van der Waals surface area contributed by atoms with Crippen molar-refractivity contribution in [2.45, 2.75) is 23.1 Å². The van der Waals surface area contributed by atoms with E-state index in [9.17, 15) is 8.42 Å². The molecule has 1 aromatic carbocycles. The van der Waals surface area contributed by atoms with Crippen molar-refractivity contribution in [2.24, 2.45) is 4.99 Å². The number of hydrogen-bond donors (Lipinski definition) is 0. The highest BCUT2D eigenvalue weighted by Crippen LogP contribution is 2.33. The number of anilines is 2. The van der Waals surface area contributed by atoms with Crippen LogP contribution in [0.25, 0.3) is 0 Å². The minimum atomic E-state index is -3.56. The fourth-order valence-electron chi connectivity index (χ4n) is 4.09. The molecule has 2 aromatic rings. The van der Waals surface area contributed by atoms with Crippen molar-refractivity contribution in [2.75, 3.05) is 56.1 Å². The fraction of sp³-hybridized carbons (Fsp3) is 0.476. The zero-order chi connectivity index (χ0) is 22.0. The Balaban J connectivity index is 1.50. The van der Waals surface area contributed by atoms with E-state index in [1.165, 1.54) is 0 Å². The number of likely N-dealkylation sites (N-methyl/N-ethyl adjacent to an activating group) is 1. The molecule has 0 bridgehead atoms. The van der Waals surface area contributed by atoms with E-state index in [0.29, 0.717) is 37.6 Å². The lowest BCUT2D eigenvalue weighted by atomic mass is 10.2. The van der Waals surface area contributed by atoms with Crippen molar-refractivity contribution in [3.63, 3.8) is 0 Å². The topological polar surface area (TPSA) is 82.0 Å². The third-order valence-corrected chi connectivity index (χ3v) is 8.60. The molecule has 0 radical (unpaired) electrons. The average Bonchev–Trinajstić information content (AvgIpc) is 3.26. The zero-order valence-electron chi connectivity index (χ0n) is 17.6. The first-order valence-electron chi connectivity index (χ1n) is 10.3. The number of rotatable bonds is 6. The molecule has 2 aliphatic rings. The highest BCUT2D eigenvalue weighted by atomic mass is 35.5. The Bertz CT molecular complexity index is 1060. The summed E-state index contributed by atoms with van der Waals surface area (Å²) in [5, 5.41) is -0.254. The highest BCUT2D eigenvalue weighted by Gasteiger charge is 2.36. The molecular formula is C21H27ClN6O2S. The van der Waals surface area contributed by atoms with Gasteiger partial charge in [-0.15, -0.1) is 0 Å². The summed E-state index contributed by atoms with van der Waals surface area (Å²) in [5.74, 6) is 0.662. The molecule has 0 amide bonds. The van der Waals surface area contributed by atoms with Crippen LogP contribution >= 0.6 is 11.6 Å². The minimum Gasteiger partial charge on any atom is -0.369 e. The third-order valence-electron chi connectivity index (χ3n) is 5.94. The van der Waals surface area contributed by atoms with Crippen molar-refractivity contribution in [1.82, 2.24) is 14.9 Å². The van der Waals surface area contributed by atoms with Crippen molar-refractivity contribution < 1.29 is 8.42 Å². The molecule has 1 aromatic heterocycles. The standard InChI is InChI=1S/C21H27ClN6O2S/c1-23-12-16-13-24-14-21(25-16)28-6-5-18(15-28)31(29,30)20-4-3-17(11-19(20)22)27-9-7-26(2)8-10-27/h3-4,11,13-14,18H,1,5-10,12,15H2,2H3. The summed E-state index contributed by atoms with van der Waals surface area (Å²) in [4.78, 5) is 19.2. The summed E-state index contributed by atoms with van der Waals surface area (Å²) in [6.45, 7) is 8.57. The first-order chi connectivity index (χ1) is 14.9. The van der Waals surface area contributed by atoms with Gasteiger partial charge in [0, 0.05) is 45.0 Å². The second-order valence-corrected chi connectivity index (χ2v) is 10.7. The Morgan fingerprint density at radius 1 is 1.16 bits per heavy atom. The van der Waals surface area contributed by atoms with E-state index in [-0.39, 0.29) is 9.92 Å². The summed E-state index contributed by atoms with van der Waals surface area (Å²) in [5.41, 5.74) is 1.68. The second kappa shape index (κ2) is 9.10. The predicted octanol–water partition coefficient (Wildman–Crippen LogP) is 2.13. The van der Waals surface area contributed by atoms with Gasteiger partial charge in [-0.2, -0.15) is 0 Å². The Morgan fingerprint density at radius 2 is 1.94 bits per heavy atom. The van der Waals surface area contributed by atoms with Crippen LogP contribution in [0, 0.1) is 0 Å². The van der Waals surface area contributed by atoms with E-state index in [1.807, 2.05) is 11.0 Å². The van der Waals surface area contributed by atoms with E-state index >= 15 is 0 Å². The quantitative estimate of drug-likeness (QED) is 0.608. The number of nitrogens with zero attached hydrogens (tertiary/aromatic N) is 6. The van der Waals surface area contributed by atoms with E-state index in [2.05, 4.69) is 38.5 Å². The van der Waals surface area contributed by atoms with Crippen LogP contribution < -0.4 is 9.80 Å². The smallest absolute Gasteiger partial charge is 0.184 e. The molecule has 2 saturated heterocycles. The number of aromatic nitrogens is 2. The summed E-state index contributed by atoms with van der Waals surface area (Å²) < 4.78 is 26.7. The maximum atomic E-state index is 13.3. The van der Waals surface area contributed by atoms with Gasteiger partial charge in [0.15, 0.2) is 9.84 Å². The molecule has 31 heavy (non-hydrogen) atoms. The van der Waals surface area contributed by atoms with Gasteiger partial charge in [-0.3, -0.25) is 9.98 Å². The first kappa shape index (κ1) is 22.0. The summed E-state index contributed by atoms with van der Waals surface area (Å²) >= 11 is 6.48. The Labute approximate surface area is 188 Å². The van der Waals surface area contributed by atoms with Gasteiger partial charge in [-0.1, -0.05) is 11.6 Å². The number of halogens is 1. The average molecular weight is 463 g/mol.